The first-order chi connectivity index (χ1) is 11.7. The van der Waals surface area contributed by atoms with Crippen molar-refractivity contribution in [2.24, 2.45) is 5.92 Å². The molecule has 0 radical (unpaired) electrons. The molecule has 2 aromatic rings. The third-order valence-electron chi connectivity index (χ3n) is 5.52. The summed E-state index contributed by atoms with van der Waals surface area (Å²) in [6.45, 7) is 4.32. The molecule has 1 fully saturated rings. The Kier molecular flexibility index (Phi) is 5.65. The summed E-state index contributed by atoms with van der Waals surface area (Å²) >= 11 is 0. The topological polar surface area (TPSA) is 12.9 Å². The van der Waals surface area contributed by atoms with Crippen molar-refractivity contribution in [3.05, 3.63) is 53.5 Å². The molecule has 1 heterocycles. The molecule has 1 aliphatic rings. The molecule has 1 aromatic carbocycles. The number of nitrogens with zero attached hydrogens (tertiary/aromatic N) is 1. The summed E-state index contributed by atoms with van der Waals surface area (Å²) in [7, 11) is 0. The minimum atomic E-state index is -0.172. The molecule has 0 unspecified atom stereocenters. The monoisotopic (exact) mass is 325 g/mol. The van der Waals surface area contributed by atoms with Crippen LogP contribution < -0.4 is 0 Å². The van der Waals surface area contributed by atoms with Gasteiger partial charge in [0.1, 0.15) is 5.82 Å². The van der Waals surface area contributed by atoms with Gasteiger partial charge in [0.25, 0.3) is 0 Å². The van der Waals surface area contributed by atoms with Gasteiger partial charge in [-0.2, -0.15) is 0 Å². The van der Waals surface area contributed by atoms with Gasteiger partial charge in [0.2, 0.25) is 0 Å². The zero-order valence-electron chi connectivity index (χ0n) is 14.9. The van der Waals surface area contributed by atoms with E-state index in [9.17, 15) is 4.39 Å². The second kappa shape index (κ2) is 7.92. The zero-order valence-corrected chi connectivity index (χ0v) is 14.9. The van der Waals surface area contributed by atoms with Crippen LogP contribution in [0.25, 0.3) is 11.3 Å². The molecular formula is C22H28FN. The van der Waals surface area contributed by atoms with Crippen molar-refractivity contribution < 1.29 is 4.39 Å². The van der Waals surface area contributed by atoms with Crippen molar-refractivity contribution in [1.82, 2.24) is 4.98 Å². The van der Waals surface area contributed by atoms with E-state index in [4.69, 9.17) is 0 Å². The van der Waals surface area contributed by atoms with Crippen molar-refractivity contribution in [3.8, 4) is 11.3 Å². The third-order valence-corrected chi connectivity index (χ3v) is 5.52. The maximum absolute atomic E-state index is 14.3. The number of hydrogen-bond donors (Lipinski definition) is 0. The van der Waals surface area contributed by atoms with Crippen molar-refractivity contribution in [1.29, 1.82) is 0 Å². The van der Waals surface area contributed by atoms with Gasteiger partial charge in [-0.05, 0) is 73.3 Å². The molecule has 3 rings (SSSR count). The lowest BCUT2D eigenvalue weighted by Crippen LogP contribution is -2.13. The summed E-state index contributed by atoms with van der Waals surface area (Å²) in [4.78, 5) is 4.56. The average Bonchev–Trinajstić information content (AvgIpc) is 2.63. The molecule has 24 heavy (non-hydrogen) atoms. The van der Waals surface area contributed by atoms with E-state index in [1.807, 2.05) is 31.3 Å². The largest absolute Gasteiger partial charge is 0.256 e. The van der Waals surface area contributed by atoms with Gasteiger partial charge >= 0.3 is 0 Å². The number of rotatable bonds is 5. The lowest BCUT2D eigenvalue weighted by molar-refractivity contribution is 0.308. The highest BCUT2D eigenvalue weighted by molar-refractivity contribution is 5.60. The zero-order chi connectivity index (χ0) is 16.9. The molecule has 1 aliphatic carbocycles. The number of halogens is 1. The maximum Gasteiger partial charge on any atom is 0.132 e. The molecule has 0 bridgehead atoms. The van der Waals surface area contributed by atoms with Gasteiger partial charge in [-0.25, -0.2) is 4.39 Å². The number of pyridine rings is 1. The molecule has 128 valence electrons. The minimum absolute atomic E-state index is 0.172. The minimum Gasteiger partial charge on any atom is -0.256 e. The maximum atomic E-state index is 14.3. The third kappa shape index (κ3) is 3.85. The van der Waals surface area contributed by atoms with Crippen LogP contribution in [0.15, 0.2) is 36.5 Å². The van der Waals surface area contributed by atoms with Crippen LogP contribution in [0, 0.1) is 11.7 Å². The summed E-state index contributed by atoms with van der Waals surface area (Å²) in [6, 6.07) is 9.60. The molecule has 0 atom stereocenters. The van der Waals surface area contributed by atoms with Crippen LogP contribution in [-0.4, -0.2) is 4.98 Å². The highest BCUT2D eigenvalue weighted by atomic mass is 19.1. The fourth-order valence-electron chi connectivity index (χ4n) is 3.99. The molecule has 0 N–H and O–H groups in total. The second-order valence-electron chi connectivity index (χ2n) is 7.15. The van der Waals surface area contributed by atoms with Gasteiger partial charge in [0, 0.05) is 11.8 Å². The fourth-order valence-corrected chi connectivity index (χ4v) is 3.99. The Balaban J connectivity index is 1.70. The first-order valence-corrected chi connectivity index (χ1v) is 9.46. The summed E-state index contributed by atoms with van der Waals surface area (Å²) < 4.78 is 14.3. The van der Waals surface area contributed by atoms with Gasteiger partial charge in [-0.1, -0.05) is 38.8 Å². The second-order valence-corrected chi connectivity index (χ2v) is 7.15. The summed E-state index contributed by atoms with van der Waals surface area (Å²) in [6.07, 6.45) is 10.7. The predicted molar refractivity (Wildman–Crippen MR) is 98.6 cm³/mol. The summed E-state index contributed by atoms with van der Waals surface area (Å²) in [5.41, 5.74) is 3.68. The molecule has 0 aliphatic heterocycles. The molecule has 0 saturated heterocycles. The van der Waals surface area contributed by atoms with Crippen molar-refractivity contribution in [2.75, 3.05) is 0 Å². The number of benzene rings is 1. The number of hydrogen-bond acceptors (Lipinski definition) is 1. The SMILES string of the molecule is CCC[C@H]1CC[C@H](c2ccc(-c3ccc(CC)cc3F)nc2)CC1. The van der Waals surface area contributed by atoms with Gasteiger partial charge in [0.15, 0.2) is 0 Å². The van der Waals surface area contributed by atoms with E-state index >= 15 is 0 Å². The van der Waals surface area contributed by atoms with Crippen LogP contribution in [-0.2, 0) is 6.42 Å². The van der Waals surface area contributed by atoms with E-state index in [0.717, 1.165) is 23.6 Å². The lowest BCUT2D eigenvalue weighted by atomic mass is 9.77. The van der Waals surface area contributed by atoms with E-state index in [1.165, 1.54) is 44.1 Å². The van der Waals surface area contributed by atoms with E-state index in [0.29, 0.717) is 11.5 Å². The van der Waals surface area contributed by atoms with Crippen molar-refractivity contribution in [2.45, 2.75) is 64.7 Å². The Hall–Kier alpha value is -1.70. The summed E-state index contributed by atoms with van der Waals surface area (Å²) in [5.74, 6) is 1.38. The predicted octanol–water partition coefficient (Wildman–Crippen LogP) is 6.52. The highest BCUT2D eigenvalue weighted by Crippen LogP contribution is 2.37. The normalized spacial score (nSPS) is 21.0. The first kappa shape index (κ1) is 17.1. The van der Waals surface area contributed by atoms with Crippen LogP contribution in [0.3, 0.4) is 0 Å². The summed E-state index contributed by atoms with van der Waals surface area (Å²) in [5, 5.41) is 0. The first-order valence-electron chi connectivity index (χ1n) is 9.46. The van der Waals surface area contributed by atoms with E-state index in [2.05, 4.69) is 18.0 Å². The Morgan fingerprint density at radius 3 is 2.42 bits per heavy atom. The fraction of sp³-hybridized carbons (Fsp3) is 0.500. The van der Waals surface area contributed by atoms with Gasteiger partial charge in [-0.15, -0.1) is 0 Å². The Morgan fingerprint density at radius 2 is 1.83 bits per heavy atom. The highest BCUT2D eigenvalue weighted by Gasteiger charge is 2.22. The quantitative estimate of drug-likeness (QED) is 0.609. The van der Waals surface area contributed by atoms with Crippen LogP contribution in [0.4, 0.5) is 4.39 Å². The molecule has 1 aromatic heterocycles. The van der Waals surface area contributed by atoms with E-state index < -0.39 is 0 Å². The van der Waals surface area contributed by atoms with Crippen LogP contribution in [0.2, 0.25) is 0 Å². The molecule has 2 heteroatoms. The van der Waals surface area contributed by atoms with Gasteiger partial charge in [-0.3, -0.25) is 4.98 Å². The molecule has 1 nitrogen and oxygen atoms in total. The van der Waals surface area contributed by atoms with Crippen LogP contribution in [0.5, 0.6) is 0 Å². The Bertz CT molecular complexity index is 654. The van der Waals surface area contributed by atoms with Gasteiger partial charge in [0.05, 0.1) is 5.69 Å². The van der Waals surface area contributed by atoms with Gasteiger partial charge < -0.3 is 0 Å². The Morgan fingerprint density at radius 1 is 1.04 bits per heavy atom. The molecular weight excluding hydrogens is 297 g/mol. The number of aryl methyl sites for hydroxylation is 1. The number of aromatic nitrogens is 1. The van der Waals surface area contributed by atoms with Crippen LogP contribution in [0.1, 0.15) is 69.4 Å². The molecule has 0 spiro atoms. The molecule has 1 saturated carbocycles. The lowest BCUT2D eigenvalue weighted by Gasteiger charge is -2.28. The Labute approximate surface area is 145 Å². The average molecular weight is 325 g/mol. The van der Waals surface area contributed by atoms with Crippen molar-refractivity contribution in [3.63, 3.8) is 0 Å². The van der Waals surface area contributed by atoms with E-state index in [-0.39, 0.29) is 5.82 Å². The van der Waals surface area contributed by atoms with E-state index in [1.54, 1.807) is 6.07 Å². The van der Waals surface area contributed by atoms with Crippen molar-refractivity contribution >= 4 is 0 Å². The molecule has 0 amide bonds. The standard InChI is InChI=1S/C22H28FN/c1-3-5-17-6-9-18(10-7-17)19-11-13-22(24-15-19)20-12-8-16(4-2)14-21(20)23/h8,11-15,17-18H,3-7,9-10H2,1-2H3/t17-,18-. The van der Waals surface area contributed by atoms with Crippen LogP contribution >= 0.6 is 0 Å². The smallest absolute Gasteiger partial charge is 0.132 e.